The molecule has 2 unspecified atom stereocenters. The van der Waals surface area contributed by atoms with Gasteiger partial charge in [0.05, 0.1) is 19.3 Å². The van der Waals surface area contributed by atoms with Crippen LogP contribution in [0.2, 0.25) is 0 Å². The monoisotopic (exact) mass is 279 g/mol. The first kappa shape index (κ1) is 15.4. The second-order valence-corrected chi connectivity index (χ2v) is 5.58. The van der Waals surface area contributed by atoms with Crippen molar-refractivity contribution in [3.05, 3.63) is 35.9 Å². The van der Waals surface area contributed by atoms with Crippen LogP contribution in [0.4, 0.5) is 0 Å². The first-order valence-electron chi connectivity index (χ1n) is 7.41. The lowest BCUT2D eigenvalue weighted by molar-refractivity contribution is 0.0128. The molecule has 1 aromatic rings. The van der Waals surface area contributed by atoms with Crippen molar-refractivity contribution in [2.24, 2.45) is 5.92 Å². The van der Waals surface area contributed by atoms with Crippen LogP contribution in [0.1, 0.15) is 18.4 Å². The third-order valence-corrected chi connectivity index (χ3v) is 3.80. The predicted molar refractivity (Wildman–Crippen MR) is 78.4 cm³/mol. The minimum atomic E-state index is -0.438. The van der Waals surface area contributed by atoms with Crippen molar-refractivity contribution in [3.63, 3.8) is 0 Å². The zero-order valence-corrected chi connectivity index (χ0v) is 11.9. The highest BCUT2D eigenvalue weighted by atomic mass is 16.5. The summed E-state index contributed by atoms with van der Waals surface area (Å²) in [5.74, 6) is 0.581. The van der Waals surface area contributed by atoms with E-state index < -0.39 is 6.10 Å². The molecule has 2 atom stereocenters. The smallest absolute Gasteiger partial charge is 0.0900 e. The molecular weight excluding hydrogens is 254 g/mol. The minimum absolute atomic E-state index is 0.265. The molecule has 0 amide bonds. The summed E-state index contributed by atoms with van der Waals surface area (Å²) in [6.45, 7) is 3.84. The number of β-amino-alcohol motifs (C(OH)–C–C–N with tert-alkyl or cyclic N) is 1. The van der Waals surface area contributed by atoms with Gasteiger partial charge in [0.1, 0.15) is 0 Å². The Morgan fingerprint density at radius 3 is 2.85 bits per heavy atom. The third kappa shape index (κ3) is 5.21. The highest BCUT2D eigenvalue weighted by molar-refractivity contribution is 5.13. The molecule has 2 N–H and O–H groups in total. The summed E-state index contributed by atoms with van der Waals surface area (Å²) < 4.78 is 5.55. The molecule has 1 aliphatic heterocycles. The van der Waals surface area contributed by atoms with Gasteiger partial charge in [0, 0.05) is 19.7 Å². The van der Waals surface area contributed by atoms with E-state index in [4.69, 9.17) is 9.84 Å². The summed E-state index contributed by atoms with van der Waals surface area (Å²) in [5, 5.41) is 18.9. The molecule has 4 heteroatoms. The maximum atomic E-state index is 9.99. The lowest BCUT2D eigenvalue weighted by Crippen LogP contribution is -2.33. The number of hydrogen-bond donors (Lipinski definition) is 2. The predicted octanol–water partition coefficient (Wildman–Crippen LogP) is 1.27. The summed E-state index contributed by atoms with van der Waals surface area (Å²) in [6.07, 6.45) is 1.56. The lowest BCUT2D eigenvalue weighted by Gasteiger charge is -2.20. The molecule has 1 saturated heterocycles. The van der Waals surface area contributed by atoms with Crippen LogP contribution in [0, 0.1) is 5.92 Å². The van der Waals surface area contributed by atoms with Crippen LogP contribution in [0.25, 0.3) is 0 Å². The standard InChI is InChI=1S/C16H25NO3/c18-9-7-14-6-8-17(10-14)11-16(19)13-20-12-15-4-2-1-3-5-15/h1-5,14,16,18-19H,6-13H2. The third-order valence-electron chi connectivity index (χ3n) is 3.80. The highest BCUT2D eigenvalue weighted by Gasteiger charge is 2.23. The number of hydrogen-bond acceptors (Lipinski definition) is 4. The minimum Gasteiger partial charge on any atom is -0.396 e. The molecule has 0 bridgehead atoms. The van der Waals surface area contributed by atoms with Crippen molar-refractivity contribution in [1.29, 1.82) is 0 Å². The molecule has 4 nitrogen and oxygen atoms in total. The summed E-state index contributed by atoms with van der Waals surface area (Å²) in [5.41, 5.74) is 1.13. The Morgan fingerprint density at radius 2 is 2.10 bits per heavy atom. The van der Waals surface area contributed by atoms with E-state index in [9.17, 15) is 5.11 Å². The van der Waals surface area contributed by atoms with Gasteiger partial charge in [0.15, 0.2) is 0 Å². The highest BCUT2D eigenvalue weighted by Crippen LogP contribution is 2.19. The van der Waals surface area contributed by atoms with E-state index in [1.165, 1.54) is 0 Å². The van der Waals surface area contributed by atoms with Crippen molar-refractivity contribution >= 4 is 0 Å². The molecule has 0 radical (unpaired) electrons. The van der Waals surface area contributed by atoms with Crippen molar-refractivity contribution in [2.45, 2.75) is 25.6 Å². The summed E-state index contributed by atoms with van der Waals surface area (Å²) in [7, 11) is 0. The average molecular weight is 279 g/mol. The van der Waals surface area contributed by atoms with E-state index in [1.54, 1.807) is 0 Å². The summed E-state index contributed by atoms with van der Waals surface area (Å²) >= 11 is 0. The molecule has 0 saturated carbocycles. The van der Waals surface area contributed by atoms with Gasteiger partial charge in [-0.3, -0.25) is 0 Å². The Hall–Kier alpha value is -0.940. The number of aliphatic hydroxyl groups excluding tert-OH is 2. The first-order chi connectivity index (χ1) is 9.78. The Labute approximate surface area is 121 Å². The van der Waals surface area contributed by atoms with Crippen molar-refractivity contribution in [2.75, 3.05) is 32.8 Å². The van der Waals surface area contributed by atoms with E-state index in [2.05, 4.69) is 4.90 Å². The second-order valence-electron chi connectivity index (χ2n) is 5.58. The van der Waals surface area contributed by atoms with Crippen molar-refractivity contribution in [3.8, 4) is 0 Å². The van der Waals surface area contributed by atoms with Gasteiger partial charge in [-0.25, -0.2) is 0 Å². The molecule has 112 valence electrons. The Bertz CT molecular complexity index is 371. The van der Waals surface area contributed by atoms with Gasteiger partial charge in [-0.15, -0.1) is 0 Å². The van der Waals surface area contributed by atoms with Crippen LogP contribution in [0.3, 0.4) is 0 Å². The molecule has 0 aliphatic carbocycles. The number of likely N-dealkylation sites (tertiary alicyclic amines) is 1. The molecule has 2 rings (SSSR count). The van der Waals surface area contributed by atoms with Crippen molar-refractivity contribution < 1.29 is 14.9 Å². The van der Waals surface area contributed by atoms with Crippen LogP contribution in [0.5, 0.6) is 0 Å². The fraction of sp³-hybridized carbons (Fsp3) is 0.625. The fourth-order valence-corrected chi connectivity index (χ4v) is 2.73. The molecular formula is C16H25NO3. The number of benzene rings is 1. The zero-order valence-electron chi connectivity index (χ0n) is 11.9. The molecule has 0 spiro atoms. The first-order valence-corrected chi connectivity index (χ1v) is 7.41. The van der Waals surface area contributed by atoms with E-state index >= 15 is 0 Å². The van der Waals surface area contributed by atoms with Gasteiger partial charge in [0.2, 0.25) is 0 Å². The fourth-order valence-electron chi connectivity index (χ4n) is 2.73. The van der Waals surface area contributed by atoms with Gasteiger partial charge >= 0.3 is 0 Å². The zero-order chi connectivity index (χ0) is 14.2. The number of rotatable bonds is 8. The Kier molecular flexibility index (Phi) is 6.47. The van der Waals surface area contributed by atoms with Gasteiger partial charge < -0.3 is 19.8 Å². The van der Waals surface area contributed by atoms with E-state index in [0.29, 0.717) is 25.7 Å². The van der Waals surface area contributed by atoms with Crippen LogP contribution in [0.15, 0.2) is 30.3 Å². The van der Waals surface area contributed by atoms with E-state index in [-0.39, 0.29) is 6.61 Å². The van der Waals surface area contributed by atoms with Gasteiger partial charge in [0.25, 0.3) is 0 Å². The lowest BCUT2D eigenvalue weighted by atomic mass is 10.1. The quantitative estimate of drug-likeness (QED) is 0.752. The summed E-state index contributed by atoms with van der Waals surface area (Å²) in [4.78, 5) is 2.26. The van der Waals surface area contributed by atoms with Gasteiger partial charge in [-0.1, -0.05) is 30.3 Å². The van der Waals surface area contributed by atoms with Crippen LogP contribution in [-0.2, 0) is 11.3 Å². The number of aliphatic hydroxyl groups is 2. The van der Waals surface area contributed by atoms with Gasteiger partial charge in [-0.05, 0) is 30.9 Å². The molecule has 1 aliphatic rings. The summed E-state index contributed by atoms with van der Waals surface area (Å²) in [6, 6.07) is 9.99. The topological polar surface area (TPSA) is 52.9 Å². The van der Waals surface area contributed by atoms with Crippen LogP contribution < -0.4 is 0 Å². The maximum Gasteiger partial charge on any atom is 0.0900 e. The Morgan fingerprint density at radius 1 is 1.30 bits per heavy atom. The molecule has 0 aromatic heterocycles. The normalized spacial score (nSPS) is 21.2. The SMILES string of the molecule is OCCC1CCN(CC(O)COCc2ccccc2)C1. The van der Waals surface area contributed by atoms with Crippen LogP contribution in [-0.4, -0.2) is 54.1 Å². The number of ether oxygens (including phenoxy) is 1. The molecule has 1 fully saturated rings. The Balaban J connectivity index is 1.60. The van der Waals surface area contributed by atoms with Crippen molar-refractivity contribution in [1.82, 2.24) is 4.90 Å². The maximum absolute atomic E-state index is 9.99. The average Bonchev–Trinajstić information content (AvgIpc) is 2.88. The second kappa shape index (κ2) is 8.37. The molecule has 1 heterocycles. The van der Waals surface area contributed by atoms with E-state index in [1.807, 2.05) is 30.3 Å². The number of nitrogens with zero attached hydrogens (tertiary/aromatic N) is 1. The molecule has 1 aromatic carbocycles. The van der Waals surface area contributed by atoms with Crippen LogP contribution >= 0.6 is 0 Å². The molecule has 20 heavy (non-hydrogen) atoms. The van der Waals surface area contributed by atoms with E-state index in [0.717, 1.165) is 31.5 Å². The largest absolute Gasteiger partial charge is 0.396 e. The van der Waals surface area contributed by atoms with Gasteiger partial charge in [-0.2, -0.15) is 0 Å².